The molecule has 1 aromatic carbocycles. The summed E-state index contributed by atoms with van der Waals surface area (Å²) in [5.74, 6) is -0.963. The maximum Gasteiger partial charge on any atom is 0.130 e. The predicted molar refractivity (Wildman–Crippen MR) is 63.5 cm³/mol. The lowest BCUT2D eigenvalue weighted by molar-refractivity contribution is 0.215. The van der Waals surface area contributed by atoms with Gasteiger partial charge in [0, 0.05) is 30.8 Å². The third-order valence-corrected chi connectivity index (χ3v) is 3.38. The van der Waals surface area contributed by atoms with Crippen molar-refractivity contribution in [2.75, 3.05) is 13.1 Å². The van der Waals surface area contributed by atoms with Gasteiger partial charge in [0.2, 0.25) is 0 Å². The highest BCUT2D eigenvalue weighted by atomic mass is 19.1. The van der Waals surface area contributed by atoms with Gasteiger partial charge in [0.25, 0.3) is 0 Å². The number of benzene rings is 1. The first-order chi connectivity index (χ1) is 8.17. The summed E-state index contributed by atoms with van der Waals surface area (Å²) in [4.78, 5) is 2.14. The molecule has 2 N–H and O–H groups in total. The molecule has 17 heavy (non-hydrogen) atoms. The number of fused-ring (bicyclic) bond motifs is 1. The first-order valence-electron chi connectivity index (χ1n) is 6.09. The summed E-state index contributed by atoms with van der Waals surface area (Å²) in [6.07, 6.45) is 2.13. The summed E-state index contributed by atoms with van der Waals surface area (Å²) in [5, 5.41) is 0. The minimum atomic E-state index is -0.517. The van der Waals surface area contributed by atoms with Crippen LogP contribution in [-0.2, 0) is 6.54 Å². The van der Waals surface area contributed by atoms with Crippen LogP contribution in [0.2, 0.25) is 0 Å². The van der Waals surface area contributed by atoms with Crippen molar-refractivity contribution in [2.24, 2.45) is 5.73 Å². The molecule has 0 amide bonds. The molecule has 0 radical (unpaired) electrons. The number of hydrogen-bond acceptors (Lipinski definition) is 2. The van der Waals surface area contributed by atoms with E-state index in [-0.39, 0.29) is 6.04 Å². The van der Waals surface area contributed by atoms with E-state index in [1.807, 2.05) is 0 Å². The second-order valence-corrected chi connectivity index (χ2v) is 4.53. The molecule has 0 aromatic heterocycles. The third kappa shape index (κ3) is 2.33. The summed E-state index contributed by atoms with van der Waals surface area (Å²) in [5.41, 5.74) is 7.06. The number of nitrogens with zero attached hydrogens (tertiary/aromatic N) is 1. The zero-order valence-electron chi connectivity index (χ0n) is 10.0. The second-order valence-electron chi connectivity index (χ2n) is 4.53. The van der Waals surface area contributed by atoms with E-state index in [0.29, 0.717) is 18.7 Å². The monoisotopic (exact) mass is 240 g/mol. The maximum absolute atomic E-state index is 13.6. The van der Waals surface area contributed by atoms with E-state index in [0.717, 1.165) is 31.0 Å². The quantitative estimate of drug-likeness (QED) is 0.876. The number of rotatable bonds is 4. The molecule has 0 bridgehead atoms. The number of unbranched alkanes of at least 4 members (excludes halogenated alkanes) is 1. The summed E-state index contributed by atoms with van der Waals surface area (Å²) in [6.45, 7) is 3.94. The molecule has 1 aliphatic heterocycles. The third-order valence-electron chi connectivity index (χ3n) is 3.38. The first kappa shape index (κ1) is 12.5. The van der Waals surface area contributed by atoms with E-state index >= 15 is 0 Å². The maximum atomic E-state index is 13.6. The summed E-state index contributed by atoms with van der Waals surface area (Å²) in [7, 11) is 0. The van der Waals surface area contributed by atoms with Gasteiger partial charge >= 0.3 is 0 Å². The van der Waals surface area contributed by atoms with E-state index in [2.05, 4.69) is 11.8 Å². The molecular formula is C13H18F2N2. The van der Waals surface area contributed by atoms with Crippen molar-refractivity contribution in [3.8, 4) is 0 Å². The van der Waals surface area contributed by atoms with Crippen LogP contribution in [0.15, 0.2) is 12.1 Å². The van der Waals surface area contributed by atoms with Crippen LogP contribution in [0, 0.1) is 11.6 Å². The Hall–Kier alpha value is -1.00. The van der Waals surface area contributed by atoms with E-state index < -0.39 is 11.6 Å². The largest absolute Gasteiger partial charge is 0.329 e. The molecule has 1 heterocycles. The van der Waals surface area contributed by atoms with Crippen LogP contribution in [-0.4, -0.2) is 18.0 Å². The molecule has 0 aliphatic carbocycles. The topological polar surface area (TPSA) is 29.3 Å². The zero-order chi connectivity index (χ0) is 12.4. The van der Waals surface area contributed by atoms with Gasteiger partial charge in [-0.25, -0.2) is 8.78 Å². The van der Waals surface area contributed by atoms with Crippen LogP contribution in [0.3, 0.4) is 0 Å². The van der Waals surface area contributed by atoms with Crippen LogP contribution in [0.25, 0.3) is 0 Å². The van der Waals surface area contributed by atoms with E-state index in [1.165, 1.54) is 6.07 Å². The normalized spacial score (nSPS) is 19.6. The van der Waals surface area contributed by atoms with Crippen LogP contribution < -0.4 is 5.73 Å². The molecule has 2 rings (SSSR count). The fraction of sp³-hybridized carbons (Fsp3) is 0.538. The zero-order valence-corrected chi connectivity index (χ0v) is 10.0. The molecule has 1 aromatic rings. The SMILES string of the molecule is CCCCN1Cc2c(F)cc(F)cc2C1CN. The standard InChI is InChI=1S/C13H18F2N2/c1-2-3-4-17-8-11-10(13(17)7-16)5-9(14)6-12(11)15/h5-6,13H,2-4,7-8,16H2,1H3. The predicted octanol–water partition coefficient (Wildman–Crippen LogP) is 2.58. The van der Waals surface area contributed by atoms with Gasteiger partial charge in [-0.05, 0) is 24.6 Å². The molecule has 0 spiro atoms. The molecular weight excluding hydrogens is 222 g/mol. The number of hydrogen-bond donors (Lipinski definition) is 1. The smallest absolute Gasteiger partial charge is 0.130 e. The fourth-order valence-electron chi connectivity index (χ4n) is 2.47. The van der Waals surface area contributed by atoms with Crippen molar-refractivity contribution in [2.45, 2.75) is 32.4 Å². The molecule has 4 heteroatoms. The van der Waals surface area contributed by atoms with Crippen molar-refractivity contribution in [1.82, 2.24) is 4.90 Å². The second kappa shape index (κ2) is 5.10. The van der Waals surface area contributed by atoms with Gasteiger partial charge < -0.3 is 5.73 Å². The van der Waals surface area contributed by atoms with Gasteiger partial charge in [0.05, 0.1) is 0 Å². The Bertz CT molecular complexity index is 407. The van der Waals surface area contributed by atoms with Crippen molar-refractivity contribution in [3.05, 3.63) is 34.9 Å². The van der Waals surface area contributed by atoms with Crippen LogP contribution in [0.1, 0.15) is 36.9 Å². The molecule has 1 atom stereocenters. The fourth-order valence-corrected chi connectivity index (χ4v) is 2.47. The highest BCUT2D eigenvalue weighted by Gasteiger charge is 2.31. The van der Waals surface area contributed by atoms with E-state index in [9.17, 15) is 8.78 Å². The van der Waals surface area contributed by atoms with Crippen molar-refractivity contribution < 1.29 is 8.78 Å². The van der Waals surface area contributed by atoms with E-state index in [1.54, 1.807) is 0 Å². The highest BCUT2D eigenvalue weighted by Crippen LogP contribution is 2.35. The van der Waals surface area contributed by atoms with Gasteiger partial charge in [-0.15, -0.1) is 0 Å². The molecule has 1 unspecified atom stereocenters. The summed E-state index contributed by atoms with van der Waals surface area (Å²) < 4.78 is 26.9. The van der Waals surface area contributed by atoms with Crippen molar-refractivity contribution in [3.63, 3.8) is 0 Å². The van der Waals surface area contributed by atoms with Crippen molar-refractivity contribution >= 4 is 0 Å². The number of nitrogens with two attached hydrogens (primary N) is 1. The Morgan fingerprint density at radius 1 is 1.41 bits per heavy atom. The Morgan fingerprint density at radius 3 is 2.82 bits per heavy atom. The summed E-state index contributed by atoms with van der Waals surface area (Å²) in [6, 6.07) is 2.33. The minimum Gasteiger partial charge on any atom is -0.329 e. The Kier molecular flexibility index (Phi) is 3.74. The van der Waals surface area contributed by atoms with Gasteiger partial charge in [0.15, 0.2) is 0 Å². The van der Waals surface area contributed by atoms with Gasteiger partial charge in [0.1, 0.15) is 11.6 Å². The first-order valence-corrected chi connectivity index (χ1v) is 6.09. The molecule has 0 saturated heterocycles. The highest BCUT2D eigenvalue weighted by molar-refractivity contribution is 5.36. The van der Waals surface area contributed by atoms with Crippen LogP contribution >= 0.6 is 0 Å². The van der Waals surface area contributed by atoms with Gasteiger partial charge in [-0.3, -0.25) is 4.90 Å². The van der Waals surface area contributed by atoms with Crippen LogP contribution in [0.5, 0.6) is 0 Å². The molecule has 94 valence electrons. The van der Waals surface area contributed by atoms with E-state index in [4.69, 9.17) is 5.73 Å². The lowest BCUT2D eigenvalue weighted by Gasteiger charge is -2.23. The minimum absolute atomic E-state index is 0.0400. The average molecular weight is 240 g/mol. The molecule has 2 nitrogen and oxygen atoms in total. The van der Waals surface area contributed by atoms with Gasteiger partial charge in [-0.1, -0.05) is 13.3 Å². The Balaban J connectivity index is 2.28. The van der Waals surface area contributed by atoms with Gasteiger partial charge in [-0.2, -0.15) is 0 Å². The lowest BCUT2D eigenvalue weighted by Crippen LogP contribution is -2.28. The number of halogens is 2. The lowest BCUT2D eigenvalue weighted by atomic mass is 10.0. The average Bonchev–Trinajstić information content (AvgIpc) is 2.64. The Morgan fingerprint density at radius 2 is 2.18 bits per heavy atom. The molecule has 1 aliphatic rings. The van der Waals surface area contributed by atoms with Crippen LogP contribution in [0.4, 0.5) is 8.78 Å². The molecule has 0 saturated carbocycles. The van der Waals surface area contributed by atoms with Crippen molar-refractivity contribution in [1.29, 1.82) is 0 Å². The summed E-state index contributed by atoms with van der Waals surface area (Å²) >= 11 is 0. The Labute approximate surface area is 100 Å². The molecule has 0 fully saturated rings.